The molecule has 1 rings (SSSR count). The zero-order chi connectivity index (χ0) is 16.7. The van der Waals surface area contributed by atoms with Gasteiger partial charge >= 0.3 is 5.97 Å². The Morgan fingerprint density at radius 3 is 2.59 bits per heavy atom. The number of carboxylic acid groups (broad SMARTS) is 1. The number of aliphatic hydroxyl groups excluding tert-OH is 1. The predicted octanol–water partition coefficient (Wildman–Crippen LogP) is -2.65. The maximum Gasteiger partial charge on any atom is 0.322 e. The number of carboxylic acids is 1. The Hall–Kier alpha value is -2.46. The Morgan fingerprint density at radius 1 is 1.41 bits per heavy atom. The summed E-state index contributed by atoms with van der Waals surface area (Å²) in [5.74, 6) is -2.69. The van der Waals surface area contributed by atoms with Gasteiger partial charge in [-0.3, -0.25) is 14.4 Å². The van der Waals surface area contributed by atoms with Crippen molar-refractivity contribution in [3.63, 3.8) is 0 Å². The summed E-state index contributed by atoms with van der Waals surface area (Å²) in [6.45, 7) is 0.684. The van der Waals surface area contributed by atoms with Crippen molar-refractivity contribution in [2.24, 2.45) is 5.73 Å². The van der Waals surface area contributed by atoms with Gasteiger partial charge in [0.25, 0.3) is 0 Å². The van der Waals surface area contributed by atoms with E-state index in [4.69, 9.17) is 10.8 Å². The van der Waals surface area contributed by atoms with Crippen molar-refractivity contribution in [3.8, 4) is 0 Å². The Morgan fingerprint density at radius 2 is 2.09 bits per heavy atom. The summed E-state index contributed by atoms with van der Waals surface area (Å²) in [5.41, 5.74) is 6.36. The second-order valence-electron chi connectivity index (χ2n) is 4.73. The van der Waals surface area contributed by atoms with Crippen molar-refractivity contribution < 1.29 is 24.6 Å². The zero-order valence-corrected chi connectivity index (χ0v) is 11.9. The van der Waals surface area contributed by atoms with Crippen LogP contribution in [0.3, 0.4) is 0 Å². The van der Waals surface area contributed by atoms with Crippen molar-refractivity contribution in [3.05, 3.63) is 18.2 Å². The molecule has 0 bridgehead atoms. The molecule has 2 amide bonds. The van der Waals surface area contributed by atoms with Crippen LogP contribution in [0, 0.1) is 0 Å². The summed E-state index contributed by atoms with van der Waals surface area (Å²) in [7, 11) is 0. The number of hydrogen-bond acceptors (Lipinski definition) is 6. The van der Waals surface area contributed by atoms with Gasteiger partial charge in [-0.2, -0.15) is 0 Å². The largest absolute Gasteiger partial charge is 0.480 e. The highest BCUT2D eigenvalue weighted by atomic mass is 16.4. The molecule has 0 fully saturated rings. The summed E-state index contributed by atoms with van der Waals surface area (Å²) < 4.78 is 0. The van der Waals surface area contributed by atoms with Gasteiger partial charge in [0, 0.05) is 18.3 Å². The second kappa shape index (κ2) is 8.10. The van der Waals surface area contributed by atoms with E-state index in [1.54, 1.807) is 0 Å². The van der Waals surface area contributed by atoms with Gasteiger partial charge in [0.1, 0.15) is 12.6 Å². The van der Waals surface area contributed by atoms with Gasteiger partial charge in [0.2, 0.25) is 11.8 Å². The minimum atomic E-state index is -1.29. The van der Waals surface area contributed by atoms with Crippen LogP contribution in [0.25, 0.3) is 0 Å². The van der Waals surface area contributed by atoms with Crippen LogP contribution in [0.15, 0.2) is 12.5 Å². The average molecular weight is 313 g/mol. The van der Waals surface area contributed by atoms with Crippen molar-refractivity contribution in [1.82, 2.24) is 20.6 Å². The van der Waals surface area contributed by atoms with Gasteiger partial charge in [-0.05, 0) is 6.92 Å². The highest BCUT2D eigenvalue weighted by molar-refractivity contribution is 5.91. The fourth-order valence-electron chi connectivity index (χ4n) is 1.66. The third-order valence-electron chi connectivity index (χ3n) is 2.81. The minimum absolute atomic E-state index is 0.176. The van der Waals surface area contributed by atoms with Crippen molar-refractivity contribution in [2.45, 2.75) is 31.5 Å². The Kier molecular flexibility index (Phi) is 6.47. The molecule has 10 nitrogen and oxygen atoms in total. The van der Waals surface area contributed by atoms with Gasteiger partial charge in [-0.15, -0.1) is 0 Å². The number of nitrogens with zero attached hydrogens (tertiary/aromatic N) is 1. The van der Waals surface area contributed by atoms with Crippen LogP contribution in [-0.4, -0.2) is 62.7 Å². The summed E-state index contributed by atoms with van der Waals surface area (Å²) in [4.78, 5) is 40.7. The molecule has 1 aromatic rings. The number of rotatable bonds is 8. The van der Waals surface area contributed by atoms with E-state index in [0.29, 0.717) is 5.69 Å². The molecular weight excluding hydrogens is 294 g/mol. The van der Waals surface area contributed by atoms with E-state index in [2.05, 4.69) is 20.6 Å². The van der Waals surface area contributed by atoms with Gasteiger partial charge in [-0.1, -0.05) is 0 Å². The second-order valence-corrected chi connectivity index (χ2v) is 4.73. The molecule has 0 saturated carbocycles. The summed E-state index contributed by atoms with van der Waals surface area (Å²) in [6.07, 6.45) is 1.92. The first-order valence-electron chi connectivity index (χ1n) is 6.52. The summed E-state index contributed by atoms with van der Waals surface area (Å²) in [5, 5.41) is 22.4. The van der Waals surface area contributed by atoms with Crippen LogP contribution < -0.4 is 16.4 Å². The van der Waals surface area contributed by atoms with Crippen molar-refractivity contribution >= 4 is 17.8 Å². The number of aromatic amines is 1. The highest BCUT2D eigenvalue weighted by Gasteiger charge is 2.28. The van der Waals surface area contributed by atoms with E-state index in [1.807, 2.05) is 0 Å². The predicted molar refractivity (Wildman–Crippen MR) is 74.5 cm³/mol. The molecule has 22 heavy (non-hydrogen) atoms. The molecule has 7 N–H and O–H groups in total. The first-order chi connectivity index (χ1) is 10.3. The van der Waals surface area contributed by atoms with Crippen molar-refractivity contribution in [1.29, 1.82) is 0 Å². The van der Waals surface area contributed by atoms with Crippen molar-refractivity contribution in [2.75, 3.05) is 6.54 Å². The number of carbonyl (C=O) groups excluding carboxylic acids is 2. The molecule has 0 unspecified atom stereocenters. The van der Waals surface area contributed by atoms with E-state index in [1.165, 1.54) is 19.4 Å². The summed E-state index contributed by atoms with van der Waals surface area (Å²) in [6, 6.07) is -2.24. The maximum atomic E-state index is 11.9. The monoisotopic (exact) mass is 313 g/mol. The minimum Gasteiger partial charge on any atom is -0.480 e. The van der Waals surface area contributed by atoms with Gasteiger partial charge in [0.05, 0.1) is 18.5 Å². The molecule has 1 aromatic heterocycles. The Balaban J connectivity index is 2.59. The van der Waals surface area contributed by atoms with Crippen LogP contribution in [0.1, 0.15) is 12.6 Å². The van der Waals surface area contributed by atoms with Gasteiger partial charge in [-0.25, -0.2) is 4.98 Å². The lowest BCUT2D eigenvalue weighted by atomic mass is 10.1. The van der Waals surface area contributed by atoms with Crippen LogP contribution in [-0.2, 0) is 20.8 Å². The van der Waals surface area contributed by atoms with Gasteiger partial charge < -0.3 is 31.6 Å². The molecule has 1 heterocycles. The molecule has 10 heteroatoms. The molecule has 0 aromatic carbocycles. The van der Waals surface area contributed by atoms with E-state index in [0.717, 1.165) is 0 Å². The third-order valence-corrected chi connectivity index (χ3v) is 2.81. The smallest absolute Gasteiger partial charge is 0.322 e. The van der Waals surface area contributed by atoms with Crippen LogP contribution in [0.2, 0.25) is 0 Å². The Labute approximate surface area is 126 Å². The van der Waals surface area contributed by atoms with Gasteiger partial charge in [0.15, 0.2) is 0 Å². The van der Waals surface area contributed by atoms with E-state index in [9.17, 15) is 19.5 Å². The van der Waals surface area contributed by atoms with E-state index < -0.39 is 42.5 Å². The molecular formula is C12H19N5O5. The SMILES string of the molecule is C[C@@H](O)[C@H](NC(=O)[C@@H](N)Cc1cnc[nH]1)C(=O)NCC(=O)O. The number of amides is 2. The lowest BCUT2D eigenvalue weighted by Gasteiger charge is -2.22. The number of aromatic nitrogens is 2. The van der Waals surface area contributed by atoms with Crippen LogP contribution in [0.4, 0.5) is 0 Å². The van der Waals surface area contributed by atoms with Crippen LogP contribution >= 0.6 is 0 Å². The topological polar surface area (TPSA) is 170 Å². The number of imidazole rings is 1. The molecule has 122 valence electrons. The highest BCUT2D eigenvalue weighted by Crippen LogP contribution is 1.99. The molecule has 0 aliphatic carbocycles. The number of aliphatic hydroxyl groups is 1. The number of H-pyrrole nitrogens is 1. The summed E-state index contributed by atoms with van der Waals surface area (Å²) >= 11 is 0. The normalized spacial score (nSPS) is 14.7. The number of nitrogens with two attached hydrogens (primary N) is 1. The lowest BCUT2D eigenvalue weighted by molar-refractivity contribution is -0.139. The van der Waals surface area contributed by atoms with E-state index >= 15 is 0 Å². The number of carbonyl (C=O) groups is 3. The maximum absolute atomic E-state index is 11.9. The first-order valence-corrected chi connectivity index (χ1v) is 6.52. The molecule has 0 radical (unpaired) electrons. The fourth-order valence-corrected chi connectivity index (χ4v) is 1.66. The zero-order valence-electron chi connectivity index (χ0n) is 11.9. The average Bonchev–Trinajstić information content (AvgIpc) is 2.94. The van der Waals surface area contributed by atoms with E-state index in [-0.39, 0.29) is 6.42 Å². The third kappa shape index (κ3) is 5.50. The molecule has 3 atom stereocenters. The molecule has 0 aliphatic rings. The fraction of sp³-hybridized carbons (Fsp3) is 0.500. The molecule has 0 saturated heterocycles. The molecule has 0 aliphatic heterocycles. The van der Waals surface area contributed by atoms with Crippen LogP contribution in [0.5, 0.6) is 0 Å². The Bertz CT molecular complexity index is 516. The quantitative estimate of drug-likeness (QED) is 0.304. The lowest BCUT2D eigenvalue weighted by Crippen LogP contribution is -2.56. The standard InChI is InChI=1S/C12H19N5O5/c1-6(18)10(12(22)15-4-9(19)20)17-11(21)8(13)2-7-3-14-5-16-7/h3,5-6,8,10,18H,2,4,13H2,1H3,(H,14,16)(H,15,22)(H,17,21)(H,19,20)/t6-,8+,10+/m1/s1. The number of hydrogen-bond donors (Lipinski definition) is 6. The number of aliphatic carboxylic acids is 1. The number of nitrogens with one attached hydrogen (secondary N) is 3. The first kappa shape index (κ1) is 17.6. The molecule has 0 spiro atoms.